The molecule has 2 aromatic heterocycles. The third-order valence-electron chi connectivity index (χ3n) is 3.00. The van der Waals surface area contributed by atoms with E-state index in [0.717, 1.165) is 4.70 Å². The van der Waals surface area contributed by atoms with Crippen molar-refractivity contribution in [1.29, 1.82) is 10.5 Å². The van der Waals surface area contributed by atoms with Gasteiger partial charge < -0.3 is 10.7 Å². The molecule has 8 heteroatoms. The molecule has 2 heterocycles. The number of rotatable bonds is 1. The van der Waals surface area contributed by atoms with Gasteiger partial charge in [0.05, 0.1) is 4.70 Å². The lowest BCUT2D eigenvalue weighted by Gasteiger charge is -2.08. The molecule has 100 valence electrons. The van der Waals surface area contributed by atoms with Crippen molar-refractivity contribution in [1.82, 2.24) is 14.6 Å². The number of benzene rings is 1. The fourth-order valence-electron chi connectivity index (χ4n) is 2.07. The highest BCUT2D eigenvalue weighted by Crippen LogP contribution is 2.30. The van der Waals surface area contributed by atoms with E-state index >= 15 is 0 Å². The summed E-state index contributed by atoms with van der Waals surface area (Å²) in [5, 5.41) is 22.4. The first-order chi connectivity index (χ1) is 10.2. The van der Waals surface area contributed by atoms with Gasteiger partial charge in [-0.25, -0.2) is 0 Å². The maximum atomic E-state index is 11.9. The lowest BCUT2D eigenvalue weighted by atomic mass is 9.96. The van der Waals surface area contributed by atoms with E-state index in [1.807, 2.05) is 12.1 Å². The molecule has 3 aromatic rings. The quantitative estimate of drug-likeness (QED) is 0.696. The summed E-state index contributed by atoms with van der Waals surface area (Å²) in [4.78, 5) is 14.2. The molecular formula is C13H6N6OS. The first-order valence-electron chi connectivity index (χ1n) is 5.74. The molecule has 0 saturated heterocycles. The number of anilines is 1. The number of hydrogen-bond acceptors (Lipinski definition) is 7. The predicted molar refractivity (Wildman–Crippen MR) is 77.3 cm³/mol. The number of pyridine rings is 1. The van der Waals surface area contributed by atoms with Crippen molar-refractivity contribution in [3.63, 3.8) is 0 Å². The van der Waals surface area contributed by atoms with Crippen LogP contribution in [0.2, 0.25) is 0 Å². The van der Waals surface area contributed by atoms with Gasteiger partial charge in [-0.2, -0.15) is 10.5 Å². The molecule has 0 unspecified atom stereocenters. The topological polar surface area (TPSA) is 132 Å². The number of hydrogen-bond donors (Lipinski definition) is 2. The smallest absolute Gasteiger partial charge is 0.268 e. The zero-order chi connectivity index (χ0) is 15.0. The number of H-pyrrole nitrogens is 1. The second-order valence-corrected chi connectivity index (χ2v) is 4.96. The van der Waals surface area contributed by atoms with E-state index in [0.29, 0.717) is 11.1 Å². The van der Waals surface area contributed by atoms with E-state index in [2.05, 4.69) is 14.6 Å². The maximum absolute atomic E-state index is 11.9. The number of nitriles is 2. The van der Waals surface area contributed by atoms with Crippen LogP contribution < -0.4 is 11.3 Å². The van der Waals surface area contributed by atoms with Crippen LogP contribution in [0.15, 0.2) is 23.0 Å². The number of fused-ring (bicyclic) bond motifs is 1. The molecule has 0 atom stereocenters. The van der Waals surface area contributed by atoms with Gasteiger partial charge in [0.2, 0.25) is 0 Å². The zero-order valence-corrected chi connectivity index (χ0v) is 11.2. The molecule has 0 amide bonds. The fourth-order valence-corrected chi connectivity index (χ4v) is 2.61. The van der Waals surface area contributed by atoms with Gasteiger partial charge in [-0.1, -0.05) is 10.6 Å². The molecule has 0 radical (unpaired) electrons. The lowest BCUT2D eigenvalue weighted by molar-refractivity contribution is 1.20. The van der Waals surface area contributed by atoms with E-state index in [1.165, 1.54) is 11.5 Å². The first kappa shape index (κ1) is 12.8. The normalized spacial score (nSPS) is 10.2. The Labute approximate surface area is 122 Å². The largest absolute Gasteiger partial charge is 0.384 e. The van der Waals surface area contributed by atoms with Crippen LogP contribution in [0.5, 0.6) is 0 Å². The predicted octanol–water partition coefficient (Wildman–Crippen LogP) is 1.37. The van der Waals surface area contributed by atoms with Gasteiger partial charge >= 0.3 is 0 Å². The number of aromatic nitrogens is 3. The molecule has 0 aliphatic heterocycles. The summed E-state index contributed by atoms with van der Waals surface area (Å²) in [7, 11) is 0. The number of nitrogens with one attached hydrogen (secondary N) is 1. The Balaban J connectivity index is 2.43. The molecule has 0 fully saturated rings. The van der Waals surface area contributed by atoms with Crippen LogP contribution in [-0.4, -0.2) is 14.6 Å². The third-order valence-corrected chi connectivity index (χ3v) is 3.71. The summed E-state index contributed by atoms with van der Waals surface area (Å²) < 4.78 is 4.69. The van der Waals surface area contributed by atoms with E-state index < -0.39 is 5.56 Å². The minimum absolute atomic E-state index is 0.0620. The molecule has 7 nitrogen and oxygen atoms in total. The number of nitrogen functional groups attached to an aromatic ring is 1. The van der Waals surface area contributed by atoms with E-state index in [1.54, 1.807) is 18.2 Å². The molecule has 1 aromatic carbocycles. The fraction of sp³-hybridized carbons (Fsp3) is 0. The van der Waals surface area contributed by atoms with E-state index in [4.69, 9.17) is 5.73 Å². The van der Waals surface area contributed by atoms with E-state index in [-0.39, 0.29) is 22.5 Å². The van der Waals surface area contributed by atoms with Crippen LogP contribution >= 0.6 is 11.5 Å². The number of nitrogens with zero attached hydrogens (tertiary/aromatic N) is 4. The second-order valence-electron chi connectivity index (χ2n) is 4.17. The van der Waals surface area contributed by atoms with Crippen molar-refractivity contribution in [3.05, 3.63) is 39.7 Å². The van der Waals surface area contributed by atoms with Gasteiger partial charge in [0, 0.05) is 5.56 Å². The van der Waals surface area contributed by atoms with Crippen molar-refractivity contribution in [2.75, 3.05) is 5.73 Å². The van der Waals surface area contributed by atoms with Gasteiger partial charge in [-0.3, -0.25) is 4.79 Å². The van der Waals surface area contributed by atoms with Crippen LogP contribution in [0, 0.1) is 22.7 Å². The molecule has 0 aliphatic rings. The molecule has 0 bridgehead atoms. The third kappa shape index (κ3) is 1.91. The van der Waals surface area contributed by atoms with Crippen molar-refractivity contribution in [3.8, 4) is 23.3 Å². The Hall–Kier alpha value is -3.23. The number of nitrogens with two attached hydrogens (primary N) is 1. The van der Waals surface area contributed by atoms with Gasteiger partial charge in [-0.15, -0.1) is 5.10 Å². The van der Waals surface area contributed by atoms with Crippen LogP contribution in [-0.2, 0) is 0 Å². The summed E-state index contributed by atoms with van der Waals surface area (Å²) in [5.74, 6) is -0.0620. The molecule has 21 heavy (non-hydrogen) atoms. The highest BCUT2D eigenvalue weighted by Gasteiger charge is 2.18. The Bertz CT molecular complexity index is 1000. The van der Waals surface area contributed by atoms with Gasteiger partial charge in [0.1, 0.15) is 34.6 Å². The molecule has 3 N–H and O–H groups in total. The van der Waals surface area contributed by atoms with Crippen LogP contribution in [0.25, 0.3) is 21.3 Å². The van der Waals surface area contributed by atoms with Crippen molar-refractivity contribution in [2.45, 2.75) is 0 Å². The summed E-state index contributed by atoms with van der Waals surface area (Å²) in [6, 6.07) is 8.90. The lowest BCUT2D eigenvalue weighted by Crippen LogP contribution is -2.16. The summed E-state index contributed by atoms with van der Waals surface area (Å²) >= 11 is 1.23. The monoisotopic (exact) mass is 294 g/mol. The Morgan fingerprint density at radius 2 is 2.00 bits per heavy atom. The SMILES string of the molecule is N#Cc1c(N)[nH]c(=O)c(C#N)c1-c1ccc2snnc2c1. The molecule has 0 aliphatic carbocycles. The highest BCUT2D eigenvalue weighted by atomic mass is 32.1. The molecule has 3 rings (SSSR count). The van der Waals surface area contributed by atoms with E-state index in [9.17, 15) is 15.3 Å². The first-order valence-corrected chi connectivity index (χ1v) is 6.51. The Morgan fingerprint density at radius 1 is 1.24 bits per heavy atom. The molecule has 0 saturated carbocycles. The van der Waals surface area contributed by atoms with Crippen LogP contribution in [0.4, 0.5) is 5.82 Å². The Kier molecular flexibility index (Phi) is 2.87. The molecule has 0 spiro atoms. The van der Waals surface area contributed by atoms with Gasteiger partial charge in [0.15, 0.2) is 0 Å². The second kappa shape index (κ2) is 4.71. The minimum Gasteiger partial charge on any atom is -0.384 e. The molecular weight excluding hydrogens is 288 g/mol. The van der Waals surface area contributed by atoms with Gasteiger partial charge in [0.25, 0.3) is 5.56 Å². The summed E-state index contributed by atoms with van der Waals surface area (Å²) in [5.41, 5.74) is 6.34. The summed E-state index contributed by atoms with van der Waals surface area (Å²) in [6.07, 6.45) is 0. The average Bonchev–Trinajstić information content (AvgIpc) is 2.93. The van der Waals surface area contributed by atoms with Crippen molar-refractivity contribution < 1.29 is 0 Å². The summed E-state index contributed by atoms with van der Waals surface area (Å²) in [6.45, 7) is 0. The standard InChI is InChI=1S/C13H6N6OS/c14-4-7-11(8(5-15)13(20)17-12(7)16)6-1-2-10-9(3-6)18-19-21-10/h1-3H,(H3,16,17,20). The Morgan fingerprint density at radius 3 is 2.71 bits per heavy atom. The maximum Gasteiger partial charge on any atom is 0.268 e. The van der Waals surface area contributed by atoms with Crippen LogP contribution in [0.3, 0.4) is 0 Å². The minimum atomic E-state index is -0.625. The average molecular weight is 294 g/mol. The van der Waals surface area contributed by atoms with Crippen molar-refractivity contribution in [2.24, 2.45) is 0 Å². The van der Waals surface area contributed by atoms with Crippen molar-refractivity contribution >= 4 is 27.6 Å². The highest BCUT2D eigenvalue weighted by molar-refractivity contribution is 7.12. The van der Waals surface area contributed by atoms with Crippen LogP contribution in [0.1, 0.15) is 11.1 Å². The zero-order valence-electron chi connectivity index (χ0n) is 10.4. The number of aromatic amines is 1. The van der Waals surface area contributed by atoms with Gasteiger partial charge in [-0.05, 0) is 29.2 Å².